The van der Waals surface area contributed by atoms with Crippen LogP contribution in [0.5, 0.6) is 5.75 Å². The van der Waals surface area contributed by atoms with Crippen LogP contribution in [-0.4, -0.2) is 30.9 Å². The van der Waals surface area contributed by atoms with E-state index in [9.17, 15) is 4.79 Å². The van der Waals surface area contributed by atoms with Gasteiger partial charge in [0.2, 0.25) is 0 Å². The van der Waals surface area contributed by atoms with Crippen LogP contribution in [0, 0.1) is 5.92 Å². The monoisotopic (exact) mass is 261 g/mol. The molecule has 0 aromatic heterocycles. The SMILES string of the molecule is COc1ccc(C(C)=O)cc1CN1CCC[C@H](C)C1. The van der Waals surface area contributed by atoms with Crippen LogP contribution in [0.3, 0.4) is 0 Å². The Labute approximate surface area is 115 Å². The van der Waals surface area contributed by atoms with Crippen molar-refractivity contribution in [3.05, 3.63) is 29.3 Å². The van der Waals surface area contributed by atoms with Crippen LogP contribution >= 0.6 is 0 Å². The molecule has 1 aliphatic heterocycles. The van der Waals surface area contributed by atoms with Gasteiger partial charge in [0.15, 0.2) is 5.78 Å². The highest BCUT2D eigenvalue weighted by atomic mass is 16.5. The standard InChI is InChI=1S/C16H23NO2/c1-12-5-4-8-17(10-12)11-15-9-14(13(2)18)6-7-16(15)19-3/h6-7,9,12H,4-5,8,10-11H2,1-3H3/t12-/m0/s1. The van der Waals surface area contributed by atoms with Crippen LogP contribution in [0.2, 0.25) is 0 Å². The summed E-state index contributed by atoms with van der Waals surface area (Å²) >= 11 is 0. The van der Waals surface area contributed by atoms with Crippen molar-refractivity contribution in [1.82, 2.24) is 4.90 Å². The molecule has 0 N–H and O–H groups in total. The second kappa shape index (κ2) is 6.20. The molecule has 0 amide bonds. The van der Waals surface area contributed by atoms with Crippen LogP contribution in [0.4, 0.5) is 0 Å². The van der Waals surface area contributed by atoms with Gasteiger partial charge in [0.05, 0.1) is 7.11 Å². The predicted octanol–water partition coefficient (Wildman–Crippen LogP) is 3.13. The molecule has 0 saturated carbocycles. The highest BCUT2D eigenvalue weighted by molar-refractivity contribution is 5.94. The lowest BCUT2D eigenvalue weighted by Gasteiger charge is -2.31. The zero-order valence-electron chi connectivity index (χ0n) is 12.1. The van der Waals surface area contributed by atoms with Gasteiger partial charge >= 0.3 is 0 Å². The molecule has 1 atom stereocenters. The van der Waals surface area contributed by atoms with E-state index in [0.717, 1.165) is 42.4 Å². The molecule has 1 fully saturated rings. The third-order valence-electron chi connectivity index (χ3n) is 3.82. The Balaban J connectivity index is 2.17. The average molecular weight is 261 g/mol. The third-order valence-corrected chi connectivity index (χ3v) is 3.82. The molecule has 3 nitrogen and oxygen atoms in total. The molecular weight excluding hydrogens is 238 g/mol. The van der Waals surface area contributed by atoms with Crippen molar-refractivity contribution >= 4 is 5.78 Å². The van der Waals surface area contributed by atoms with Crippen LogP contribution in [-0.2, 0) is 6.54 Å². The largest absolute Gasteiger partial charge is 0.496 e. The molecule has 104 valence electrons. The van der Waals surface area contributed by atoms with E-state index in [1.807, 2.05) is 18.2 Å². The Morgan fingerprint density at radius 2 is 2.26 bits per heavy atom. The summed E-state index contributed by atoms with van der Waals surface area (Å²) in [5, 5.41) is 0. The fraction of sp³-hybridized carbons (Fsp3) is 0.562. The van der Waals surface area contributed by atoms with Gasteiger partial charge in [0.1, 0.15) is 5.75 Å². The summed E-state index contributed by atoms with van der Waals surface area (Å²) in [4.78, 5) is 13.9. The van der Waals surface area contributed by atoms with E-state index in [2.05, 4.69) is 11.8 Å². The highest BCUT2D eigenvalue weighted by Gasteiger charge is 2.18. The Kier molecular flexibility index (Phi) is 4.59. The van der Waals surface area contributed by atoms with E-state index in [0.29, 0.717) is 0 Å². The molecule has 19 heavy (non-hydrogen) atoms. The van der Waals surface area contributed by atoms with Crippen molar-refractivity contribution < 1.29 is 9.53 Å². The summed E-state index contributed by atoms with van der Waals surface area (Å²) < 4.78 is 5.41. The second-order valence-corrected chi connectivity index (χ2v) is 5.57. The van der Waals surface area contributed by atoms with Gasteiger partial charge in [-0.15, -0.1) is 0 Å². The summed E-state index contributed by atoms with van der Waals surface area (Å²) in [6, 6.07) is 5.71. The number of benzene rings is 1. The molecule has 1 saturated heterocycles. The van der Waals surface area contributed by atoms with Crippen LogP contribution in [0.1, 0.15) is 42.6 Å². The van der Waals surface area contributed by atoms with E-state index in [1.54, 1.807) is 14.0 Å². The van der Waals surface area contributed by atoms with Crippen LogP contribution < -0.4 is 4.74 Å². The summed E-state index contributed by atoms with van der Waals surface area (Å²) in [6.07, 6.45) is 2.58. The number of carbonyl (C=O) groups excluding carboxylic acids is 1. The zero-order chi connectivity index (χ0) is 13.8. The molecule has 0 aliphatic carbocycles. The number of ether oxygens (including phenoxy) is 1. The lowest BCUT2D eigenvalue weighted by molar-refractivity contribution is 0.101. The van der Waals surface area contributed by atoms with E-state index < -0.39 is 0 Å². The van der Waals surface area contributed by atoms with Gasteiger partial charge in [-0.2, -0.15) is 0 Å². The van der Waals surface area contributed by atoms with Gasteiger partial charge in [0.25, 0.3) is 0 Å². The van der Waals surface area contributed by atoms with Gasteiger partial charge in [-0.25, -0.2) is 0 Å². The maximum absolute atomic E-state index is 11.5. The number of hydrogen-bond donors (Lipinski definition) is 0. The van der Waals surface area contributed by atoms with Crippen molar-refractivity contribution in [3.63, 3.8) is 0 Å². The molecule has 0 spiro atoms. The first-order chi connectivity index (χ1) is 9.10. The fourth-order valence-corrected chi connectivity index (χ4v) is 2.79. The zero-order valence-corrected chi connectivity index (χ0v) is 12.1. The van der Waals surface area contributed by atoms with Crippen molar-refractivity contribution in [2.24, 2.45) is 5.92 Å². The van der Waals surface area contributed by atoms with Crippen LogP contribution in [0.15, 0.2) is 18.2 Å². The highest BCUT2D eigenvalue weighted by Crippen LogP contribution is 2.24. The minimum absolute atomic E-state index is 0.107. The number of rotatable bonds is 4. The minimum atomic E-state index is 0.107. The molecule has 1 aliphatic rings. The summed E-state index contributed by atoms with van der Waals surface area (Å²) in [7, 11) is 1.69. The summed E-state index contributed by atoms with van der Waals surface area (Å²) in [5.41, 5.74) is 1.88. The third kappa shape index (κ3) is 3.57. The molecule has 0 unspecified atom stereocenters. The molecule has 2 rings (SSSR count). The molecule has 0 radical (unpaired) electrons. The number of hydrogen-bond acceptors (Lipinski definition) is 3. The average Bonchev–Trinajstić information content (AvgIpc) is 2.38. The number of piperidine rings is 1. The smallest absolute Gasteiger partial charge is 0.159 e. The Morgan fingerprint density at radius 1 is 1.47 bits per heavy atom. The molecule has 0 bridgehead atoms. The number of ketones is 1. The van der Waals surface area contributed by atoms with E-state index in [4.69, 9.17) is 4.74 Å². The lowest BCUT2D eigenvalue weighted by atomic mass is 9.99. The first-order valence-corrected chi connectivity index (χ1v) is 7.00. The first-order valence-electron chi connectivity index (χ1n) is 7.00. The van der Waals surface area contributed by atoms with Gasteiger partial charge in [-0.1, -0.05) is 6.92 Å². The van der Waals surface area contributed by atoms with E-state index in [1.165, 1.54) is 12.8 Å². The quantitative estimate of drug-likeness (QED) is 0.780. The summed E-state index contributed by atoms with van der Waals surface area (Å²) in [6.45, 7) is 7.05. The molecule has 1 aromatic rings. The number of nitrogens with zero attached hydrogens (tertiary/aromatic N) is 1. The van der Waals surface area contributed by atoms with Crippen molar-refractivity contribution in [1.29, 1.82) is 0 Å². The van der Waals surface area contributed by atoms with Crippen LogP contribution in [0.25, 0.3) is 0 Å². The van der Waals surface area contributed by atoms with E-state index in [-0.39, 0.29) is 5.78 Å². The number of methoxy groups -OCH3 is 1. The van der Waals surface area contributed by atoms with Gasteiger partial charge in [-0.3, -0.25) is 9.69 Å². The maximum Gasteiger partial charge on any atom is 0.159 e. The Bertz CT molecular complexity index is 456. The van der Waals surface area contributed by atoms with Gasteiger partial charge < -0.3 is 4.74 Å². The maximum atomic E-state index is 11.5. The van der Waals surface area contributed by atoms with E-state index >= 15 is 0 Å². The minimum Gasteiger partial charge on any atom is -0.496 e. The normalized spacial score (nSPS) is 20.3. The van der Waals surface area contributed by atoms with Crippen molar-refractivity contribution in [2.45, 2.75) is 33.2 Å². The number of likely N-dealkylation sites (tertiary alicyclic amines) is 1. The molecule has 3 heteroatoms. The number of carbonyl (C=O) groups is 1. The van der Waals surface area contributed by atoms with Gasteiger partial charge in [0, 0.05) is 24.2 Å². The summed E-state index contributed by atoms with van der Waals surface area (Å²) in [5.74, 6) is 1.75. The Morgan fingerprint density at radius 3 is 2.89 bits per heavy atom. The fourth-order valence-electron chi connectivity index (χ4n) is 2.79. The second-order valence-electron chi connectivity index (χ2n) is 5.57. The topological polar surface area (TPSA) is 29.5 Å². The molecule has 1 aromatic carbocycles. The Hall–Kier alpha value is -1.35. The van der Waals surface area contributed by atoms with Crippen molar-refractivity contribution in [3.8, 4) is 5.75 Å². The predicted molar refractivity (Wildman–Crippen MR) is 76.7 cm³/mol. The molecular formula is C16H23NO2. The van der Waals surface area contributed by atoms with Gasteiger partial charge in [-0.05, 0) is 50.4 Å². The lowest BCUT2D eigenvalue weighted by Crippen LogP contribution is -2.33. The molecule has 1 heterocycles. The van der Waals surface area contributed by atoms with Crippen molar-refractivity contribution in [2.75, 3.05) is 20.2 Å². The first kappa shape index (κ1) is 14.1. The number of Topliss-reactive ketones (excluding diaryl/α,β-unsaturated/α-hetero) is 1.